The summed E-state index contributed by atoms with van der Waals surface area (Å²) < 4.78 is 4.18. The SMILES string of the molecule is NC(=O)NCCCCl.O=C=NCCOC=O.O=c1[nH]c(=O)[nH]c(=O)[nH]1. The number of ether oxygens (including phenoxy) is 1. The lowest BCUT2D eigenvalue weighted by Gasteiger charge is -1.95. The molecule has 1 rings (SSSR count). The second-order valence-electron chi connectivity index (χ2n) is 3.64. The maximum Gasteiger partial charge on any atom is 0.330 e. The van der Waals surface area contributed by atoms with E-state index in [4.69, 9.17) is 17.3 Å². The Balaban J connectivity index is 0. The molecule has 0 unspecified atom stereocenters. The molecule has 1 heterocycles. The Hall–Kier alpha value is -3.18. The van der Waals surface area contributed by atoms with Gasteiger partial charge >= 0.3 is 23.1 Å². The van der Waals surface area contributed by atoms with Crippen molar-refractivity contribution in [2.75, 3.05) is 25.6 Å². The summed E-state index contributed by atoms with van der Waals surface area (Å²) in [5, 5.41) is 2.40. The zero-order valence-electron chi connectivity index (χ0n) is 12.9. The normalized spacial score (nSPS) is 8.36. The molecule has 140 valence electrons. The molecule has 0 aliphatic heterocycles. The number of primary amides is 1. The van der Waals surface area contributed by atoms with Crippen LogP contribution in [0.1, 0.15) is 6.42 Å². The number of nitrogens with one attached hydrogen (secondary N) is 4. The maximum absolute atomic E-state index is 10.2. The average Bonchev–Trinajstić information content (AvgIpc) is 2.51. The molecule has 0 bridgehead atoms. The average molecular weight is 381 g/mol. The van der Waals surface area contributed by atoms with E-state index in [1.54, 1.807) is 15.0 Å². The van der Waals surface area contributed by atoms with Crippen LogP contribution in [-0.2, 0) is 14.3 Å². The van der Waals surface area contributed by atoms with E-state index in [1.165, 1.54) is 6.08 Å². The third kappa shape index (κ3) is 20.8. The molecule has 0 aliphatic rings. The number of rotatable bonds is 7. The van der Waals surface area contributed by atoms with Gasteiger partial charge in [0.25, 0.3) is 6.47 Å². The number of aliphatic imine (C=N–C) groups is 1. The van der Waals surface area contributed by atoms with Crippen molar-refractivity contribution in [3.8, 4) is 0 Å². The van der Waals surface area contributed by atoms with E-state index in [-0.39, 0.29) is 13.2 Å². The van der Waals surface area contributed by atoms with Crippen LogP contribution >= 0.6 is 11.6 Å². The molecule has 0 aliphatic carbocycles. The molecule has 2 amide bonds. The van der Waals surface area contributed by atoms with Gasteiger partial charge in [-0.1, -0.05) is 0 Å². The summed E-state index contributed by atoms with van der Waals surface area (Å²) in [6.07, 6.45) is 2.07. The fourth-order valence-electron chi connectivity index (χ4n) is 0.874. The summed E-state index contributed by atoms with van der Waals surface area (Å²) in [5.74, 6) is 0.556. The third-order valence-electron chi connectivity index (χ3n) is 1.74. The van der Waals surface area contributed by atoms with Crippen LogP contribution < -0.4 is 28.1 Å². The Bertz CT molecular complexity index is 627. The smallest absolute Gasteiger partial charge is 0.330 e. The minimum atomic E-state index is -0.802. The fraction of sp³-hybridized carbons (Fsp3) is 0.455. The minimum absolute atomic E-state index is 0.152. The number of amides is 2. The van der Waals surface area contributed by atoms with Crippen LogP contribution in [0.4, 0.5) is 4.79 Å². The summed E-state index contributed by atoms with van der Waals surface area (Å²) in [4.78, 5) is 67.7. The van der Waals surface area contributed by atoms with Gasteiger partial charge < -0.3 is 15.8 Å². The first-order valence-corrected chi connectivity index (χ1v) is 7.01. The van der Waals surface area contributed by atoms with Crippen molar-refractivity contribution in [2.24, 2.45) is 10.7 Å². The van der Waals surface area contributed by atoms with Crippen LogP contribution in [0.15, 0.2) is 19.4 Å². The van der Waals surface area contributed by atoms with Crippen molar-refractivity contribution >= 4 is 30.2 Å². The second-order valence-corrected chi connectivity index (χ2v) is 4.01. The molecule has 0 atom stereocenters. The van der Waals surface area contributed by atoms with Crippen molar-refractivity contribution < 1.29 is 19.1 Å². The summed E-state index contributed by atoms with van der Waals surface area (Å²) in [5.41, 5.74) is 2.33. The van der Waals surface area contributed by atoms with Crippen LogP contribution in [0.3, 0.4) is 0 Å². The summed E-state index contributed by atoms with van der Waals surface area (Å²) >= 11 is 5.29. The van der Waals surface area contributed by atoms with Gasteiger partial charge in [0, 0.05) is 12.4 Å². The van der Waals surface area contributed by atoms with E-state index >= 15 is 0 Å². The first-order chi connectivity index (χ1) is 11.9. The number of carbonyl (C=O) groups is 2. The van der Waals surface area contributed by atoms with Crippen LogP contribution in [0.5, 0.6) is 0 Å². The Morgan fingerprint density at radius 1 is 1.24 bits per heavy atom. The Kier molecular flexibility index (Phi) is 16.5. The molecular formula is C11H17ClN6O7. The van der Waals surface area contributed by atoms with Gasteiger partial charge in [-0.15, -0.1) is 11.6 Å². The van der Waals surface area contributed by atoms with Crippen LogP contribution in [-0.4, -0.2) is 59.1 Å². The molecular weight excluding hydrogens is 364 g/mol. The molecule has 1 aromatic rings. The lowest BCUT2D eigenvalue weighted by molar-refractivity contribution is -0.128. The predicted octanol–water partition coefficient (Wildman–Crippen LogP) is -2.47. The quantitative estimate of drug-likeness (QED) is 0.113. The lowest BCUT2D eigenvalue weighted by atomic mass is 10.5. The number of aromatic nitrogens is 3. The molecule has 6 N–H and O–H groups in total. The van der Waals surface area contributed by atoms with Gasteiger partial charge in [-0.05, 0) is 6.42 Å². The molecule has 14 heteroatoms. The van der Waals surface area contributed by atoms with E-state index in [0.717, 1.165) is 6.42 Å². The zero-order valence-corrected chi connectivity index (χ0v) is 13.6. The number of halogens is 1. The standard InChI is InChI=1S/C4H9ClN2O.C4H5NO3.C3H3N3O3/c5-2-1-3-7-4(6)8;6-3-5-1-2-8-4-7;7-1-4-2(8)6-3(9)5-1/h1-3H2,(H3,6,7,8);4H,1-2H2;(H3,4,5,6,7,8,9). The van der Waals surface area contributed by atoms with Gasteiger partial charge in [0.2, 0.25) is 6.08 Å². The number of nitrogens with zero attached hydrogens (tertiary/aromatic N) is 1. The topological polar surface area (TPSA) is 209 Å². The Morgan fingerprint density at radius 3 is 2.12 bits per heavy atom. The first-order valence-electron chi connectivity index (χ1n) is 6.48. The molecule has 0 aromatic carbocycles. The number of urea groups is 1. The minimum Gasteiger partial charge on any atom is -0.466 e. The van der Waals surface area contributed by atoms with Crippen molar-refractivity contribution in [1.82, 2.24) is 20.3 Å². The lowest BCUT2D eigenvalue weighted by Crippen LogP contribution is -2.34. The number of aromatic amines is 3. The van der Waals surface area contributed by atoms with Gasteiger partial charge in [-0.25, -0.2) is 29.0 Å². The molecule has 0 spiro atoms. The number of isocyanates is 1. The number of nitrogens with two attached hydrogens (primary N) is 1. The maximum atomic E-state index is 10.2. The molecule has 25 heavy (non-hydrogen) atoms. The highest BCUT2D eigenvalue weighted by atomic mass is 35.5. The summed E-state index contributed by atoms with van der Waals surface area (Å²) in [6.45, 7) is 1.22. The van der Waals surface area contributed by atoms with Gasteiger partial charge in [0.1, 0.15) is 6.61 Å². The van der Waals surface area contributed by atoms with Gasteiger partial charge in [0.05, 0.1) is 6.54 Å². The van der Waals surface area contributed by atoms with E-state index in [1.807, 2.05) is 0 Å². The first kappa shape index (κ1) is 24.1. The Morgan fingerprint density at radius 2 is 1.76 bits per heavy atom. The molecule has 0 saturated carbocycles. The van der Waals surface area contributed by atoms with Crippen molar-refractivity contribution in [3.63, 3.8) is 0 Å². The van der Waals surface area contributed by atoms with Crippen LogP contribution in [0, 0.1) is 0 Å². The highest BCUT2D eigenvalue weighted by molar-refractivity contribution is 6.17. The highest BCUT2D eigenvalue weighted by Crippen LogP contribution is 1.79. The van der Waals surface area contributed by atoms with Gasteiger partial charge in [0.15, 0.2) is 0 Å². The largest absolute Gasteiger partial charge is 0.466 e. The number of H-pyrrole nitrogens is 3. The fourth-order valence-corrected chi connectivity index (χ4v) is 1.01. The highest BCUT2D eigenvalue weighted by Gasteiger charge is 1.87. The van der Waals surface area contributed by atoms with Crippen molar-refractivity contribution in [3.05, 3.63) is 31.5 Å². The number of carbonyl (C=O) groups excluding carboxylic acids is 3. The Labute approximate surface area is 144 Å². The molecule has 1 aromatic heterocycles. The van der Waals surface area contributed by atoms with Crippen LogP contribution in [0.2, 0.25) is 0 Å². The van der Waals surface area contributed by atoms with E-state index in [0.29, 0.717) is 18.9 Å². The van der Waals surface area contributed by atoms with Crippen molar-refractivity contribution in [1.29, 1.82) is 0 Å². The summed E-state index contributed by atoms with van der Waals surface area (Å²) in [6, 6.07) is -0.491. The molecule has 0 saturated heterocycles. The number of alkyl halides is 1. The third-order valence-corrected chi connectivity index (χ3v) is 2.01. The predicted molar refractivity (Wildman–Crippen MR) is 86.2 cm³/mol. The van der Waals surface area contributed by atoms with Gasteiger partial charge in [-0.3, -0.25) is 19.7 Å². The zero-order chi connectivity index (χ0) is 19.5. The molecule has 13 nitrogen and oxygen atoms in total. The van der Waals surface area contributed by atoms with Gasteiger partial charge in [-0.2, -0.15) is 0 Å². The number of hydrogen-bond acceptors (Lipinski definition) is 8. The molecule has 0 fully saturated rings. The van der Waals surface area contributed by atoms with Crippen LogP contribution in [0.25, 0.3) is 0 Å². The number of hydrogen-bond donors (Lipinski definition) is 5. The second kappa shape index (κ2) is 17.2. The van der Waals surface area contributed by atoms with Crippen molar-refractivity contribution in [2.45, 2.75) is 6.42 Å². The summed E-state index contributed by atoms with van der Waals surface area (Å²) in [7, 11) is 0. The van der Waals surface area contributed by atoms with E-state index in [9.17, 15) is 28.8 Å². The van der Waals surface area contributed by atoms with E-state index < -0.39 is 23.1 Å². The molecule has 0 radical (unpaired) electrons. The van der Waals surface area contributed by atoms with E-state index in [2.05, 4.69) is 15.0 Å². The monoisotopic (exact) mass is 380 g/mol.